The molecule has 0 saturated carbocycles. The fourth-order valence-corrected chi connectivity index (χ4v) is 2.73. The van der Waals surface area contributed by atoms with E-state index in [1.54, 1.807) is 0 Å². The van der Waals surface area contributed by atoms with Gasteiger partial charge in [-0.1, -0.05) is 20.8 Å². The SMILES string of the molecule is CC(C)(C)[Si](C)(C)O[C@@H]1CCOC(=O)C1. The van der Waals surface area contributed by atoms with Gasteiger partial charge >= 0.3 is 5.97 Å². The lowest BCUT2D eigenvalue weighted by Crippen LogP contribution is -2.45. The second-order valence-electron chi connectivity index (χ2n) is 5.71. The topological polar surface area (TPSA) is 35.5 Å². The highest BCUT2D eigenvalue weighted by Crippen LogP contribution is 2.38. The highest BCUT2D eigenvalue weighted by molar-refractivity contribution is 6.74. The molecule has 1 aliphatic rings. The molecular weight excluding hydrogens is 208 g/mol. The zero-order chi connectivity index (χ0) is 11.7. The van der Waals surface area contributed by atoms with E-state index >= 15 is 0 Å². The fraction of sp³-hybridized carbons (Fsp3) is 0.909. The summed E-state index contributed by atoms with van der Waals surface area (Å²) >= 11 is 0. The summed E-state index contributed by atoms with van der Waals surface area (Å²) in [6.45, 7) is 11.6. The van der Waals surface area contributed by atoms with Crippen LogP contribution in [0.2, 0.25) is 18.1 Å². The number of carbonyl (C=O) groups excluding carboxylic acids is 1. The number of hydrogen-bond donors (Lipinski definition) is 0. The van der Waals surface area contributed by atoms with E-state index in [0.717, 1.165) is 6.42 Å². The van der Waals surface area contributed by atoms with Crippen LogP contribution >= 0.6 is 0 Å². The molecule has 1 saturated heterocycles. The summed E-state index contributed by atoms with van der Waals surface area (Å²) in [7, 11) is -1.73. The van der Waals surface area contributed by atoms with Crippen LogP contribution in [0, 0.1) is 0 Å². The standard InChI is InChI=1S/C11H22O3Si/c1-11(2,3)15(4,5)14-9-6-7-13-10(12)8-9/h9H,6-8H2,1-5H3/t9-/m1/s1. The van der Waals surface area contributed by atoms with Crippen LogP contribution in [0.5, 0.6) is 0 Å². The Hall–Kier alpha value is -0.353. The quantitative estimate of drug-likeness (QED) is 0.540. The molecule has 0 aromatic heterocycles. The van der Waals surface area contributed by atoms with Gasteiger partial charge in [-0.3, -0.25) is 4.79 Å². The van der Waals surface area contributed by atoms with E-state index in [-0.39, 0.29) is 17.1 Å². The molecule has 0 aromatic carbocycles. The molecule has 0 spiro atoms. The molecular formula is C11H22O3Si. The van der Waals surface area contributed by atoms with Gasteiger partial charge in [0.05, 0.1) is 19.1 Å². The van der Waals surface area contributed by atoms with Crippen LogP contribution in [-0.4, -0.2) is 27.0 Å². The van der Waals surface area contributed by atoms with Gasteiger partial charge in [-0.05, 0) is 18.1 Å². The molecule has 3 nitrogen and oxygen atoms in total. The molecule has 0 N–H and O–H groups in total. The number of esters is 1. The van der Waals surface area contributed by atoms with Gasteiger partial charge in [0.25, 0.3) is 0 Å². The van der Waals surface area contributed by atoms with E-state index in [1.165, 1.54) is 0 Å². The third kappa shape index (κ3) is 3.31. The number of cyclic esters (lactones) is 1. The lowest BCUT2D eigenvalue weighted by molar-refractivity contribution is -0.151. The molecule has 4 heteroatoms. The van der Waals surface area contributed by atoms with Crippen molar-refractivity contribution in [3.63, 3.8) is 0 Å². The van der Waals surface area contributed by atoms with Crippen LogP contribution in [0.4, 0.5) is 0 Å². The Kier molecular flexibility index (Phi) is 3.61. The molecule has 1 aliphatic heterocycles. The highest BCUT2D eigenvalue weighted by Gasteiger charge is 2.40. The average Bonchev–Trinajstić information content (AvgIpc) is 2.00. The molecule has 1 rings (SSSR count). The van der Waals surface area contributed by atoms with E-state index in [4.69, 9.17) is 9.16 Å². The van der Waals surface area contributed by atoms with E-state index < -0.39 is 8.32 Å². The zero-order valence-corrected chi connectivity index (χ0v) is 11.4. The Labute approximate surface area is 93.3 Å². The first-order valence-electron chi connectivity index (χ1n) is 5.56. The number of ether oxygens (including phenoxy) is 1. The van der Waals surface area contributed by atoms with Gasteiger partial charge in [-0.25, -0.2) is 0 Å². The summed E-state index contributed by atoms with van der Waals surface area (Å²) in [6, 6.07) is 0. The second-order valence-corrected chi connectivity index (χ2v) is 10.5. The van der Waals surface area contributed by atoms with E-state index in [2.05, 4.69) is 33.9 Å². The van der Waals surface area contributed by atoms with Crippen LogP contribution in [0.3, 0.4) is 0 Å². The molecule has 88 valence electrons. The van der Waals surface area contributed by atoms with Crippen molar-refractivity contribution >= 4 is 14.3 Å². The van der Waals surface area contributed by atoms with Crippen LogP contribution in [0.25, 0.3) is 0 Å². The summed E-state index contributed by atoms with van der Waals surface area (Å²) in [6.07, 6.45) is 1.34. The van der Waals surface area contributed by atoms with E-state index in [1.807, 2.05) is 0 Å². The third-order valence-corrected chi connectivity index (χ3v) is 7.90. The van der Waals surface area contributed by atoms with Gasteiger partial charge in [-0.2, -0.15) is 0 Å². The van der Waals surface area contributed by atoms with Crippen molar-refractivity contribution in [3.8, 4) is 0 Å². The Morgan fingerprint density at radius 2 is 2.00 bits per heavy atom. The van der Waals surface area contributed by atoms with Gasteiger partial charge in [0.1, 0.15) is 0 Å². The normalized spacial score (nSPS) is 23.8. The Balaban J connectivity index is 2.57. The monoisotopic (exact) mass is 230 g/mol. The molecule has 15 heavy (non-hydrogen) atoms. The first-order valence-corrected chi connectivity index (χ1v) is 8.47. The van der Waals surface area contributed by atoms with E-state index in [0.29, 0.717) is 13.0 Å². The minimum absolute atomic E-state index is 0.0761. The third-order valence-electron chi connectivity index (χ3n) is 3.36. The summed E-state index contributed by atoms with van der Waals surface area (Å²) in [4.78, 5) is 11.1. The molecule has 1 atom stereocenters. The zero-order valence-electron chi connectivity index (χ0n) is 10.4. The minimum atomic E-state index is -1.73. The van der Waals surface area contributed by atoms with Gasteiger partial charge in [0.15, 0.2) is 8.32 Å². The van der Waals surface area contributed by atoms with Crippen molar-refractivity contribution < 1.29 is 14.0 Å². The van der Waals surface area contributed by atoms with Crippen LogP contribution in [0.1, 0.15) is 33.6 Å². The van der Waals surface area contributed by atoms with E-state index in [9.17, 15) is 4.79 Å². The maximum Gasteiger partial charge on any atom is 0.308 e. The maximum absolute atomic E-state index is 11.1. The molecule has 0 radical (unpaired) electrons. The molecule has 0 amide bonds. The number of carbonyl (C=O) groups is 1. The average molecular weight is 230 g/mol. The molecule has 1 fully saturated rings. The van der Waals surface area contributed by atoms with Gasteiger partial charge in [-0.15, -0.1) is 0 Å². The molecule has 0 bridgehead atoms. The molecule has 0 unspecified atom stereocenters. The smallest absolute Gasteiger partial charge is 0.308 e. The lowest BCUT2D eigenvalue weighted by atomic mass is 10.2. The fourth-order valence-electron chi connectivity index (χ4n) is 1.35. The molecule has 1 heterocycles. The molecule has 0 aliphatic carbocycles. The highest BCUT2D eigenvalue weighted by atomic mass is 28.4. The minimum Gasteiger partial charge on any atom is -0.466 e. The van der Waals surface area contributed by atoms with Crippen molar-refractivity contribution in [1.29, 1.82) is 0 Å². The Morgan fingerprint density at radius 1 is 1.40 bits per heavy atom. The number of hydrogen-bond acceptors (Lipinski definition) is 3. The van der Waals surface area contributed by atoms with Gasteiger partial charge in [0, 0.05) is 6.42 Å². The summed E-state index contributed by atoms with van der Waals surface area (Å²) in [5.74, 6) is -0.120. The lowest BCUT2D eigenvalue weighted by Gasteiger charge is -2.39. The van der Waals surface area contributed by atoms with Gasteiger partial charge in [0.2, 0.25) is 0 Å². The molecule has 0 aromatic rings. The van der Waals surface area contributed by atoms with Crippen molar-refractivity contribution in [2.24, 2.45) is 0 Å². The Bertz CT molecular complexity index is 243. The van der Waals surface area contributed by atoms with Gasteiger partial charge < -0.3 is 9.16 Å². The van der Waals surface area contributed by atoms with Crippen LogP contribution < -0.4 is 0 Å². The first-order chi connectivity index (χ1) is 6.72. The van der Waals surface area contributed by atoms with Crippen LogP contribution in [0.15, 0.2) is 0 Å². The number of rotatable bonds is 2. The van der Waals surface area contributed by atoms with Crippen LogP contribution in [-0.2, 0) is 14.0 Å². The van der Waals surface area contributed by atoms with Crippen molar-refractivity contribution in [2.45, 2.75) is 57.8 Å². The largest absolute Gasteiger partial charge is 0.466 e. The second kappa shape index (κ2) is 4.26. The summed E-state index contributed by atoms with van der Waals surface area (Å²) < 4.78 is 11.1. The van der Waals surface area contributed by atoms with Crippen molar-refractivity contribution in [3.05, 3.63) is 0 Å². The Morgan fingerprint density at radius 3 is 2.47 bits per heavy atom. The predicted octanol–water partition coefficient (Wildman–Crippen LogP) is 2.71. The summed E-state index contributed by atoms with van der Waals surface area (Å²) in [5, 5.41) is 0.203. The van der Waals surface area contributed by atoms with Crippen molar-refractivity contribution in [1.82, 2.24) is 0 Å². The predicted molar refractivity (Wildman–Crippen MR) is 62.3 cm³/mol. The maximum atomic E-state index is 11.1. The first kappa shape index (κ1) is 12.7. The van der Waals surface area contributed by atoms with Crippen molar-refractivity contribution in [2.75, 3.05) is 6.61 Å². The summed E-state index contributed by atoms with van der Waals surface area (Å²) in [5.41, 5.74) is 0.